The summed E-state index contributed by atoms with van der Waals surface area (Å²) in [6.07, 6.45) is 1.43. The lowest BCUT2D eigenvalue weighted by molar-refractivity contribution is 0.102. The molecule has 1 N–H and O–H groups in total. The van der Waals surface area contributed by atoms with E-state index >= 15 is 0 Å². The number of benzene rings is 2. The maximum atomic E-state index is 12.7. The minimum Gasteiger partial charge on any atom is -0.355 e. The topological polar surface area (TPSA) is 58.1 Å². The summed E-state index contributed by atoms with van der Waals surface area (Å²) in [4.78, 5) is 23.2. The molecule has 1 heterocycles. The Morgan fingerprint density at radius 3 is 2.48 bits per heavy atom. The number of carbonyl (C=O) groups is 1. The number of rotatable bonds is 6. The summed E-state index contributed by atoms with van der Waals surface area (Å²) in [5, 5.41) is 2.98. The zero-order valence-electron chi connectivity index (χ0n) is 15.9. The first-order valence-corrected chi connectivity index (χ1v) is 9.02. The SMILES string of the molecule is CC(C)c1ccccc1NC(=O)c1cc(N(C)Cc2ccccc2)ncn1. The van der Waals surface area contributed by atoms with Crippen molar-refractivity contribution in [2.45, 2.75) is 26.3 Å². The molecule has 27 heavy (non-hydrogen) atoms. The number of nitrogens with one attached hydrogen (secondary N) is 1. The zero-order valence-corrected chi connectivity index (χ0v) is 15.9. The number of para-hydroxylation sites is 1. The van der Waals surface area contributed by atoms with Crippen LogP contribution in [0.15, 0.2) is 67.0 Å². The van der Waals surface area contributed by atoms with Crippen molar-refractivity contribution in [3.05, 3.63) is 83.8 Å². The van der Waals surface area contributed by atoms with Crippen molar-refractivity contribution < 1.29 is 4.79 Å². The van der Waals surface area contributed by atoms with Crippen LogP contribution in [-0.2, 0) is 6.54 Å². The van der Waals surface area contributed by atoms with E-state index in [1.165, 1.54) is 11.9 Å². The lowest BCUT2D eigenvalue weighted by Gasteiger charge is -2.18. The fraction of sp³-hybridized carbons (Fsp3) is 0.227. The Balaban J connectivity index is 1.76. The molecule has 0 aliphatic rings. The lowest BCUT2D eigenvalue weighted by atomic mass is 10.0. The molecular formula is C22H24N4O. The number of carbonyl (C=O) groups excluding carboxylic acids is 1. The Morgan fingerprint density at radius 2 is 1.74 bits per heavy atom. The Hall–Kier alpha value is -3.21. The van der Waals surface area contributed by atoms with Crippen LogP contribution in [0.3, 0.4) is 0 Å². The van der Waals surface area contributed by atoms with Crippen molar-refractivity contribution in [1.29, 1.82) is 0 Å². The van der Waals surface area contributed by atoms with Crippen molar-refractivity contribution in [1.82, 2.24) is 9.97 Å². The van der Waals surface area contributed by atoms with Crippen LogP contribution < -0.4 is 10.2 Å². The molecule has 0 radical (unpaired) electrons. The molecule has 0 aliphatic heterocycles. The molecule has 5 heteroatoms. The summed E-state index contributed by atoms with van der Waals surface area (Å²) in [5.41, 5.74) is 3.44. The molecule has 3 aromatic rings. The van der Waals surface area contributed by atoms with Crippen LogP contribution in [0.25, 0.3) is 0 Å². The van der Waals surface area contributed by atoms with Gasteiger partial charge in [0.1, 0.15) is 17.8 Å². The van der Waals surface area contributed by atoms with E-state index in [4.69, 9.17) is 0 Å². The summed E-state index contributed by atoms with van der Waals surface area (Å²) < 4.78 is 0. The first kappa shape index (κ1) is 18.6. The quantitative estimate of drug-likeness (QED) is 0.704. The molecule has 0 saturated heterocycles. The molecule has 1 aromatic heterocycles. The monoisotopic (exact) mass is 360 g/mol. The highest BCUT2D eigenvalue weighted by Gasteiger charge is 2.14. The zero-order chi connectivity index (χ0) is 19.2. The predicted octanol–water partition coefficient (Wildman–Crippen LogP) is 4.49. The first-order valence-electron chi connectivity index (χ1n) is 9.02. The third-order valence-corrected chi connectivity index (χ3v) is 4.37. The van der Waals surface area contributed by atoms with Gasteiger partial charge in [-0.05, 0) is 23.1 Å². The van der Waals surface area contributed by atoms with Gasteiger partial charge >= 0.3 is 0 Å². The van der Waals surface area contributed by atoms with Crippen molar-refractivity contribution in [2.24, 2.45) is 0 Å². The fourth-order valence-corrected chi connectivity index (χ4v) is 2.92. The van der Waals surface area contributed by atoms with Gasteiger partial charge in [0.05, 0.1) is 0 Å². The Labute approximate surface area is 160 Å². The summed E-state index contributed by atoms with van der Waals surface area (Å²) >= 11 is 0. The van der Waals surface area contributed by atoms with Crippen LogP contribution >= 0.6 is 0 Å². The van der Waals surface area contributed by atoms with Crippen molar-refractivity contribution in [3.8, 4) is 0 Å². The van der Waals surface area contributed by atoms with Gasteiger partial charge < -0.3 is 10.2 Å². The van der Waals surface area contributed by atoms with Gasteiger partial charge in [0, 0.05) is 25.3 Å². The second-order valence-electron chi connectivity index (χ2n) is 6.80. The molecule has 2 aromatic carbocycles. The highest BCUT2D eigenvalue weighted by molar-refractivity contribution is 6.03. The molecule has 0 atom stereocenters. The highest BCUT2D eigenvalue weighted by Crippen LogP contribution is 2.24. The Bertz CT molecular complexity index is 909. The average Bonchev–Trinajstić information content (AvgIpc) is 2.69. The molecule has 0 fully saturated rings. The van der Waals surface area contributed by atoms with Gasteiger partial charge in [0.2, 0.25) is 0 Å². The number of hydrogen-bond donors (Lipinski definition) is 1. The minimum atomic E-state index is -0.236. The van der Waals surface area contributed by atoms with E-state index in [1.807, 2.05) is 54.4 Å². The molecular weight excluding hydrogens is 336 g/mol. The minimum absolute atomic E-state index is 0.236. The summed E-state index contributed by atoms with van der Waals surface area (Å²) in [6, 6.07) is 19.7. The largest absolute Gasteiger partial charge is 0.355 e. The Morgan fingerprint density at radius 1 is 1.04 bits per heavy atom. The van der Waals surface area contributed by atoms with Crippen molar-refractivity contribution >= 4 is 17.4 Å². The van der Waals surface area contributed by atoms with Crippen LogP contribution in [-0.4, -0.2) is 22.9 Å². The van der Waals surface area contributed by atoms with Gasteiger partial charge in [-0.1, -0.05) is 62.4 Å². The number of nitrogens with zero attached hydrogens (tertiary/aromatic N) is 3. The second-order valence-corrected chi connectivity index (χ2v) is 6.80. The molecule has 0 saturated carbocycles. The van der Waals surface area contributed by atoms with E-state index in [2.05, 4.69) is 41.3 Å². The normalized spacial score (nSPS) is 10.7. The van der Waals surface area contributed by atoms with E-state index in [9.17, 15) is 4.79 Å². The van der Waals surface area contributed by atoms with Crippen LogP contribution in [0.1, 0.15) is 41.4 Å². The molecule has 3 rings (SSSR count). The third-order valence-electron chi connectivity index (χ3n) is 4.37. The second kappa shape index (κ2) is 8.45. The number of aromatic nitrogens is 2. The van der Waals surface area contributed by atoms with Gasteiger partial charge in [-0.2, -0.15) is 0 Å². The van der Waals surface area contributed by atoms with E-state index in [-0.39, 0.29) is 5.91 Å². The summed E-state index contributed by atoms with van der Waals surface area (Å²) in [6.45, 7) is 4.91. The maximum absolute atomic E-state index is 12.7. The van der Waals surface area contributed by atoms with Gasteiger partial charge in [-0.25, -0.2) is 9.97 Å². The Kier molecular flexibility index (Phi) is 5.81. The van der Waals surface area contributed by atoms with Gasteiger partial charge in [0.25, 0.3) is 5.91 Å². The van der Waals surface area contributed by atoms with Crippen LogP contribution in [0.4, 0.5) is 11.5 Å². The van der Waals surface area contributed by atoms with Crippen LogP contribution in [0.2, 0.25) is 0 Å². The van der Waals surface area contributed by atoms with E-state index in [0.29, 0.717) is 24.0 Å². The average molecular weight is 360 g/mol. The maximum Gasteiger partial charge on any atom is 0.274 e. The van der Waals surface area contributed by atoms with Gasteiger partial charge in [0.15, 0.2) is 0 Å². The number of amides is 1. The smallest absolute Gasteiger partial charge is 0.274 e. The van der Waals surface area contributed by atoms with E-state index in [0.717, 1.165) is 11.3 Å². The van der Waals surface area contributed by atoms with Gasteiger partial charge in [-0.3, -0.25) is 4.79 Å². The molecule has 1 amide bonds. The summed E-state index contributed by atoms with van der Waals surface area (Å²) in [7, 11) is 1.95. The highest BCUT2D eigenvalue weighted by atomic mass is 16.1. The predicted molar refractivity (Wildman–Crippen MR) is 109 cm³/mol. The molecule has 0 bridgehead atoms. The number of hydrogen-bond acceptors (Lipinski definition) is 4. The molecule has 0 aliphatic carbocycles. The summed E-state index contributed by atoms with van der Waals surface area (Å²) in [5.74, 6) is 0.787. The number of anilines is 2. The van der Waals surface area contributed by atoms with E-state index < -0.39 is 0 Å². The van der Waals surface area contributed by atoms with Gasteiger partial charge in [-0.15, -0.1) is 0 Å². The fourth-order valence-electron chi connectivity index (χ4n) is 2.92. The molecule has 0 unspecified atom stereocenters. The van der Waals surface area contributed by atoms with Crippen molar-refractivity contribution in [3.63, 3.8) is 0 Å². The van der Waals surface area contributed by atoms with E-state index in [1.54, 1.807) is 6.07 Å². The first-order chi connectivity index (χ1) is 13.0. The third kappa shape index (κ3) is 4.70. The van der Waals surface area contributed by atoms with Crippen LogP contribution in [0.5, 0.6) is 0 Å². The lowest BCUT2D eigenvalue weighted by Crippen LogP contribution is -2.20. The van der Waals surface area contributed by atoms with Crippen molar-refractivity contribution in [2.75, 3.05) is 17.3 Å². The molecule has 0 spiro atoms. The van der Waals surface area contributed by atoms with Crippen LogP contribution in [0, 0.1) is 0 Å². The molecule has 138 valence electrons. The standard InChI is InChI=1S/C22H24N4O/c1-16(2)18-11-7-8-12-19(18)25-22(27)20-13-21(24-15-23-20)26(3)14-17-9-5-4-6-10-17/h4-13,15-16H,14H2,1-3H3,(H,25,27). The molecule has 5 nitrogen and oxygen atoms in total.